The lowest BCUT2D eigenvalue weighted by Crippen LogP contribution is -2.25. The molecule has 1 atom stereocenters. The van der Waals surface area contributed by atoms with Crippen LogP contribution in [-0.2, 0) is 9.53 Å². The molecule has 0 aromatic heterocycles. The Balaban J connectivity index is 2.05. The molecular formula is C10H16ClNO2. The van der Waals surface area contributed by atoms with Gasteiger partial charge in [-0.1, -0.05) is 18.2 Å². The van der Waals surface area contributed by atoms with Crippen molar-refractivity contribution in [2.45, 2.75) is 31.8 Å². The van der Waals surface area contributed by atoms with E-state index in [2.05, 4.69) is 11.9 Å². The van der Waals surface area contributed by atoms with Crippen LogP contribution in [0.5, 0.6) is 0 Å². The van der Waals surface area contributed by atoms with Gasteiger partial charge in [0.1, 0.15) is 0 Å². The SMILES string of the molecule is C=C(Cl)CNC(=O)CCC1CCCO1. The van der Waals surface area contributed by atoms with Crippen molar-refractivity contribution in [3.63, 3.8) is 0 Å². The third-order valence-electron chi connectivity index (χ3n) is 2.19. The molecule has 4 heteroatoms. The lowest BCUT2D eigenvalue weighted by atomic mass is 10.1. The summed E-state index contributed by atoms with van der Waals surface area (Å²) >= 11 is 5.52. The van der Waals surface area contributed by atoms with Gasteiger partial charge < -0.3 is 10.1 Å². The summed E-state index contributed by atoms with van der Waals surface area (Å²) in [6, 6.07) is 0. The minimum atomic E-state index is 0.0160. The summed E-state index contributed by atoms with van der Waals surface area (Å²) in [5.74, 6) is 0.0160. The average molecular weight is 218 g/mol. The fraction of sp³-hybridized carbons (Fsp3) is 0.700. The first-order valence-electron chi connectivity index (χ1n) is 4.90. The molecule has 1 saturated heterocycles. The van der Waals surface area contributed by atoms with Crippen LogP contribution in [0.25, 0.3) is 0 Å². The first-order chi connectivity index (χ1) is 6.68. The van der Waals surface area contributed by atoms with Gasteiger partial charge in [-0.15, -0.1) is 0 Å². The van der Waals surface area contributed by atoms with Gasteiger partial charge in [0.15, 0.2) is 0 Å². The van der Waals surface area contributed by atoms with Gasteiger partial charge in [-0.3, -0.25) is 4.79 Å². The fourth-order valence-electron chi connectivity index (χ4n) is 1.45. The number of amides is 1. The number of halogens is 1. The highest BCUT2D eigenvalue weighted by Crippen LogP contribution is 2.16. The van der Waals surface area contributed by atoms with Gasteiger partial charge in [0.25, 0.3) is 0 Å². The second-order valence-corrected chi connectivity index (χ2v) is 4.00. The van der Waals surface area contributed by atoms with Gasteiger partial charge in [-0.05, 0) is 19.3 Å². The second-order valence-electron chi connectivity index (χ2n) is 3.47. The zero-order valence-electron chi connectivity index (χ0n) is 8.22. The molecule has 0 saturated carbocycles. The molecule has 3 nitrogen and oxygen atoms in total. The van der Waals surface area contributed by atoms with E-state index in [1.165, 1.54) is 0 Å². The van der Waals surface area contributed by atoms with E-state index in [1.807, 2.05) is 0 Å². The highest BCUT2D eigenvalue weighted by Gasteiger charge is 2.16. The second kappa shape index (κ2) is 6.04. The van der Waals surface area contributed by atoms with E-state index < -0.39 is 0 Å². The predicted octanol–water partition coefficient (Wildman–Crippen LogP) is 1.81. The van der Waals surface area contributed by atoms with Gasteiger partial charge in [-0.2, -0.15) is 0 Å². The van der Waals surface area contributed by atoms with E-state index in [0.717, 1.165) is 25.9 Å². The highest BCUT2D eigenvalue weighted by atomic mass is 35.5. The van der Waals surface area contributed by atoms with Gasteiger partial charge in [0.05, 0.1) is 12.6 Å². The molecule has 1 heterocycles. The van der Waals surface area contributed by atoms with Crippen LogP contribution in [0.2, 0.25) is 0 Å². The van der Waals surface area contributed by atoms with Crippen molar-refractivity contribution in [1.29, 1.82) is 0 Å². The normalized spacial score (nSPS) is 20.8. The molecule has 1 aliphatic heterocycles. The Morgan fingerprint density at radius 1 is 1.64 bits per heavy atom. The topological polar surface area (TPSA) is 38.3 Å². The van der Waals surface area contributed by atoms with E-state index >= 15 is 0 Å². The maximum Gasteiger partial charge on any atom is 0.220 e. The molecule has 0 radical (unpaired) electrons. The minimum Gasteiger partial charge on any atom is -0.378 e. The van der Waals surface area contributed by atoms with E-state index in [1.54, 1.807) is 0 Å². The predicted molar refractivity (Wildman–Crippen MR) is 56.2 cm³/mol. The summed E-state index contributed by atoms with van der Waals surface area (Å²) in [6.45, 7) is 4.68. The van der Waals surface area contributed by atoms with Gasteiger partial charge in [-0.25, -0.2) is 0 Å². The van der Waals surface area contributed by atoms with Crippen LogP contribution in [0.15, 0.2) is 11.6 Å². The van der Waals surface area contributed by atoms with Crippen molar-refractivity contribution in [3.05, 3.63) is 11.6 Å². The van der Waals surface area contributed by atoms with Gasteiger partial charge in [0.2, 0.25) is 5.91 Å². The Morgan fingerprint density at radius 2 is 2.43 bits per heavy atom. The Morgan fingerprint density at radius 3 is 3.00 bits per heavy atom. The average Bonchev–Trinajstić information content (AvgIpc) is 2.63. The largest absolute Gasteiger partial charge is 0.378 e. The smallest absolute Gasteiger partial charge is 0.220 e. The molecule has 80 valence electrons. The molecular weight excluding hydrogens is 202 g/mol. The lowest BCUT2D eigenvalue weighted by molar-refractivity contribution is -0.121. The Labute approximate surface area is 89.5 Å². The molecule has 1 aliphatic rings. The first kappa shape index (κ1) is 11.5. The highest BCUT2D eigenvalue weighted by molar-refractivity contribution is 6.29. The zero-order valence-corrected chi connectivity index (χ0v) is 8.98. The van der Waals surface area contributed by atoms with Crippen LogP contribution in [-0.4, -0.2) is 25.2 Å². The summed E-state index contributed by atoms with van der Waals surface area (Å²) in [4.78, 5) is 11.2. The minimum absolute atomic E-state index is 0.0160. The summed E-state index contributed by atoms with van der Waals surface area (Å²) in [7, 11) is 0. The van der Waals surface area contributed by atoms with Crippen molar-refractivity contribution in [1.82, 2.24) is 5.32 Å². The zero-order chi connectivity index (χ0) is 10.4. The molecule has 1 amide bonds. The number of hydrogen-bond acceptors (Lipinski definition) is 2. The molecule has 1 N–H and O–H groups in total. The number of nitrogens with one attached hydrogen (secondary N) is 1. The third kappa shape index (κ3) is 4.63. The maximum atomic E-state index is 11.2. The number of ether oxygens (including phenoxy) is 1. The van der Waals surface area contributed by atoms with Crippen LogP contribution in [0.1, 0.15) is 25.7 Å². The van der Waals surface area contributed by atoms with Gasteiger partial charge in [0, 0.05) is 18.1 Å². The standard InChI is InChI=1S/C10H16ClNO2/c1-8(11)7-12-10(13)5-4-9-3-2-6-14-9/h9H,1-7H2,(H,12,13). The van der Waals surface area contributed by atoms with E-state index in [-0.39, 0.29) is 12.0 Å². The van der Waals surface area contributed by atoms with Gasteiger partial charge >= 0.3 is 0 Å². The van der Waals surface area contributed by atoms with Crippen LogP contribution < -0.4 is 5.32 Å². The summed E-state index contributed by atoms with van der Waals surface area (Å²) < 4.78 is 5.41. The summed E-state index contributed by atoms with van der Waals surface area (Å²) in [5, 5.41) is 3.13. The monoisotopic (exact) mass is 217 g/mol. The van der Waals surface area contributed by atoms with E-state index in [9.17, 15) is 4.79 Å². The van der Waals surface area contributed by atoms with E-state index in [0.29, 0.717) is 18.0 Å². The number of carbonyl (C=O) groups excluding carboxylic acids is 1. The Hall–Kier alpha value is -0.540. The van der Waals surface area contributed by atoms with E-state index in [4.69, 9.17) is 16.3 Å². The molecule has 0 aromatic carbocycles. The molecule has 0 bridgehead atoms. The van der Waals surface area contributed by atoms with Crippen molar-refractivity contribution >= 4 is 17.5 Å². The molecule has 1 unspecified atom stereocenters. The van der Waals surface area contributed by atoms with Crippen molar-refractivity contribution in [3.8, 4) is 0 Å². The molecule has 1 rings (SSSR count). The number of hydrogen-bond donors (Lipinski definition) is 1. The summed E-state index contributed by atoms with van der Waals surface area (Å²) in [6.07, 6.45) is 3.79. The summed E-state index contributed by atoms with van der Waals surface area (Å²) in [5.41, 5.74) is 0. The Kier molecular flexibility index (Phi) is 4.98. The van der Waals surface area contributed by atoms with Crippen molar-refractivity contribution < 1.29 is 9.53 Å². The number of carbonyl (C=O) groups is 1. The fourth-order valence-corrected chi connectivity index (χ4v) is 1.51. The molecule has 0 aliphatic carbocycles. The lowest BCUT2D eigenvalue weighted by Gasteiger charge is -2.08. The van der Waals surface area contributed by atoms with Crippen LogP contribution >= 0.6 is 11.6 Å². The molecule has 1 fully saturated rings. The third-order valence-corrected chi connectivity index (χ3v) is 2.33. The Bertz CT molecular complexity index is 212. The van der Waals surface area contributed by atoms with Crippen LogP contribution in [0.3, 0.4) is 0 Å². The van der Waals surface area contributed by atoms with Crippen LogP contribution in [0.4, 0.5) is 0 Å². The maximum absolute atomic E-state index is 11.2. The van der Waals surface area contributed by atoms with Crippen LogP contribution in [0, 0.1) is 0 Å². The molecule has 0 spiro atoms. The first-order valence-corrected chi connectivity index (χ1v) is 5.28. The number of rotatable bonds is 5. The van der Waals surface area contributed by atoms with Crippen molar-refractivity contribution in [2.24, 2.45) is 0 Å². The molecule has 0 aromatic rings. The quantitative estimate of drug-likeness (QED) is 0.763. The molecule has 14 heavy (non-hydrogen) atoms. The van der Waals surface area contributed by atoms with Crippen molar-refractivity contribution in [2.75, 3.05) is 13.2 Å².